The maximum Gasteiger partial charge on any atom is 0.233 e. The van der Waals surface area contributed by atoms with Gasteiger partial charge in [-0.25, -0.2) is 8.42 Å². The molecule has 0 aromatic carbocycles. The van der Waals surface area contributed by atoms with E-state index in [9.17, 15) is 8.42 Å². The summed E-state index contributed by atoms with van der Waals surface area (Å²) in [4.78, 5) is 0. The van der Waals surface area contributed by atoms with Crippen molar-refractivity contribution in [1.29, 1.82) is 0 Å². The molecule has 0 aromatic rings. The molecule has 5 heteroatoms. The van der Waals surface area contributed by atoms with E-state index in [1.54, 1.807) is 0 Å². The summed E-state index contributed by atoms with van der Waals surface area (Å²) in [5, 5.41) is 0. The van der Waals surface area contributed by atoms with Crippen LogP contribution in [0.3, 0.4) is 0 Å². The van der Waals surface area contributed by atoms with Gasteiger partial charge in [-0.3, -0.25) is 0 Å². The minimum Gasteiger partial charge on any atom is -0.378 e. The second-order valence-electron chi connectivity index (χ2n) is 5.10. The van der Waals surface area contributed by atoms with E-state index < -0.39 is 9.05 Å². The van der Waals surface area contributed by atoms with Gasteiger partial charge in [0.15, 0.2) is 0 Å². The summed E-state index contributed by atoms with van der Waals surface area (Å²) in [6.45, 7) is 4.44. The summed E-state index contributed by atoms with van der Waals surface area (Å²) in [6, 6.07) is 0. The van der Waals surface area contributed by atoms with E-state index >= 15 is 0 Å². The van der Waals surface area contributed by atoms with Crippen LogP contribution in [0.1, 0.15) is 46.0 Å². The number of hydrogen-bond acceptors (Lipinski definition) is 3. The monoisotopic (exact) mass is 268 g/mol. The number of ether oxygens (including phenoxy) is 1. The van der Waals surface area contributed by atoms with Gasteiger partial charge >= 0.3 is 0 Å². The van der Waals surface area contributed by atoms with Crippen molar-refractivity contribution < 1.29 is 13.2 Å². The molecule has 0 amide bonds. The Hall–Kier alpha value is 0.200. The zero-order valence-electron chi connectivity index (χ0n) is 10.0. The van der Waals surface area contributed by atoms with Crippen molar-refractivity contribution in [3.8, 4) is 0 Å². The average molecular weight is 269 g/mol. The summed E-state index contributed by atoms with van der Waals surface area (Å²) >= 11 is 0. The Kier molecular flexibility index (Phi) is 5.08. The molecule has 0 atom stereocenters. The van der Waals surface area contributed by atoms with Gasteiger partial charge in [0.2, 0.25) is 9.05 Å². The van der Waals surface area contributed by atoms with Crippen molar-refractivity contribution in [2.45, 2.75) is 52.1 Å². The smallest absolute Gasteiger partial charge is 0.233 e. The summed E-state index contributed by atoms with van der Waals surface area (Å²) in [5.74, 6) is 0.0499. The van der Waals surface area contributed by atoms with Crippen LogP contribution in [0.25, 0.3) is 0 Å². The van der Waals surface area contributed by atoms with Crippen LogP contribution in [0, 0.1) is 5.41 Å². The summed E-state index contributed by atoms with van der Waals surface area (Å²) in [5.41, 5.74) is -0.247. The fraction of sp³-hybridized carbons (Fsp3) is 1.00. The standard InChI is InChI=1S/C11H21ClO3S/c1-10(2)15-8-11(9-16(12,13)14)6-4-3-5-7-11/h10H,3-9H2,1-2H3. The molecule has 0 unspecified atom stereocenters. The lowest BCUT2D eigenvalue weighted by Gasteiger charge is -2.36. The van der Waals surface area contributed by atoms with E-state index in [-0.39, 0.29) is 17.3 Å². The predicted molar refractivity (Wildman–Crippen MR) is 66.2 cm³/mol. The van der Waals surface area contributed by atoms with Crippen molar-refractivity contribution in [3.63, 3.8) is 0 Å². The molecule has 1 fully saturated rings. The fourth-order valence-electron chi connectivity index (χ4n) is 2.34. The number of halogens is 1. The molecule has 1 aliphatic carbocycles. The first-order valence-corrected chi connectivity index (χ1v) is 8.35. The van der Waals surface area contributed by atoms with E-state index in [1.807, 2.05) is 13.8 Å². The van der Waals surface area contributed by atoms with Gasteiger partial charge in [-0.1, -0.05) is 19.3 Å². The highest BCUT2D eigenvalue weighted by molar-refractivity contribution is 8.13. The van der Waals surface area contributed by atoms with Crippen LogP contribution in [0.15, 0.2) is 0 Å². The van der Waals surface area contributed by atoms with Gasteiger partial charge in [0, 0.05) is 16.1 Å². The van der Waals surface area contributed by atoms with Gasteiger partial charge in [-0.2, -0.15) is 0 Å². The maximum atomic E-state index is 11.3. The zero-order chi connectivity index (χ0) is 12.2. The lowest BCUT2D eigenvalue weighted by atomic mass is 9.76. The highest BCUT2D eigenvalue weighted by Gasteiger charge is 2.36. The number of rotatable bonds is 5. The predicted octanol–water partition coefficient (Wildman–Crippen LogP) is 2.93. The molecular formula is C11H21ClO3S. The van der Waals surface area contributed by atoms with Gasteiger partial charge in [0.05, 0.1) is 18.5 Å². The third kappa shape index (κ3) is 5.02. The summed E-state index contributed by atoms with van der Waals surface area (Å²) < 4.78 is 28.1. The minimum absolute atomic E-state index is 0.0499. The van der Waals surface area contributed by atoms with Crippen molar-refractivity contribution in [2.24, 2.45) is 5.41 Å². The van der Waals surface area contributed by atoms with Crippen LogP contribution in [0.5, 0.6) is 0 Å². The molecule has 0 bridgehead atoms. The second-order valence-corrected chi connectivity index (χ2v) is 7.88. The molecule has 1 aliphatic rings. The first-order valence-electron chi connectivity index (χ1n) is 5.87. The molecule has 1 rings (SSSR count). The Morgan fingerprint density at radius 3 is 2.25 bits per heavy atom. The fourth-order valence-corrected chi connectivity index (χ4v) is 4.14. The molecule has 0 heterocycles. The molecule has 0 spiro atoms. The second kappa shape index (κ2) is 5.69. The third-order valence-corrected chi connectivity index (χ3v) is 4.40. The first-order chi connectivity index (χ1) is 7.33. The van der Waals surface area contributed by atoms with Crippen LogP contribution in [-0.2, 0) is 13.8 Å². The van der Waals surface area contributed by atoms with Crippen LogP contribution >= 0.6 is 10.7 Å². The molecule has 0 N–H and O–H groups in total. The molecule has 0 saturated heterocycles. The van der Waals surface area contributed by atoms with Crippen LogP contribution < -0.4 is 0 Å². The van der Waals surface area contributed by atoms with Crippen molar-refractivity contribution in [2.75, 3.05) is 12.4 Å². The maximum absolute atomic E-state index is 11.3. The Morgan fingerprint density at radius 2 is 1.81 bits per heavy atom. The molecule has 16 heavy (non-hydrogen) atoms. The van der Waals surface area contributed by atoms with E-state index in [0.717, 1.165) is 25.7 Å². The van der Waals surface area contributed by atoms with Gasteiger partial charge in [0.1, 0.15) is 0 Å². The van der Waals surface area contributed by atoms with E-state index in [2.05, 4.69) is 0 Å². The number of hydrogen-bond donors (Lipinski definition) is 0. The summed E-state index contributed by atoms with van der Waals surface area (Å²) in [7, 11) is 1.95. The highest BCUT2D eigenvalue weighted by Crippen LogP contribution is 2.38. The van der Waals surface area contributed by atoms with E-state index in [0.29, 0.717) is 6.61 Å². The highest BCUT2D eigenvalue weighted by atomic mass is 35.7. The Balaban J connectivity index is 2.67. The van der Waals surface area contributed by atoms with Crippen LogP contribution in [-0.4, -0.2) is 26.9 Å². The van der Waals surface area contributed by atoms with Gasteiger partial charge < -0.3 is 4.74 Å². The average Bonchev–Trinajstić information content (AvgIpc) is 2.14. The normalized spacial score (nSPS) is 21.2. The third-order valence-electron chi connectivity index (χ3n) is 3.12. The van der Waals surface area contributed by atoms with Gasteiger partial charge in [0.25, 0.3) is 0 Å². The Labute approximate surface area is 103 Å². The lowest BCUT2D eigenvalue weighted by molar-refractivity contribution is -0.0000436. The first kappa shape index (κ1) is 14.3. The molecule has 0 radical (unpaired) electrons. The van der Waals surface area contributed by atoms with Crippen molar-refractivity contribution in [3.05, 3.63) is 0 Å². The molecule has 0 aromatic heterocycles. The Bertz CT molecular complexity index is 305. The van der Waals surface area contributed by atoms with E-state index in [1.165, 1.54) is 6.42 Å². The largest absolute Gasteiger partial charge is 0.378 e. The summed E-state index contributed by atoms with van der Waals surface area (Å²) in [6.07, 6.45) is 5.29. The van der Waals surface area contributed by atoms with Crippen LogP contribution in [0.4, 0.5) is 0 Å². The van der Waals surface area contributed by atoms with Crippen molar-refractivity contribution >= 4 is 19.7 Å². The molecule has 0 aliphatic heterocycles. The SMILES string of the molecule is CC(C)OCC1(CS(=O)(=O)Cl)CCCCC1. The Morgan fingerprint density at radius 1 is 1.25 bits per heavy atom. The van der Waals surface area contributed by atoms with Gasteiger partial charge in [-0.05, 0) is 26.7 Å². The molecule has 3 nitrogen and oxygen atoms in total. The van der Waals surface area contributed by atoms with Gasteiger partial charge in [-0.15, -0.1) is 0 Å². The lowest BCUT2D eigenvalue weighted by Crippen LogP contribution is -2.36. The minimum atomic E-state index is -3.44. The zero-order valence-corrected chi connectivity index (χ0v) is 11.6. The molecule has 96 valence electrons. The van der Waals surface area contributed by atoms with Crippen molar-refractivity contribution in [1.82, 2.24) is 0 Å². The topological polar surface area (TPSA) is 43.4 Å². The quantitative estimate of drug-likeness (QED) is 0.720. The van der Waals surface area contributed by atoms with E-state index in [4.69, 9.17) is 15.4 Å². The van der Waals surface area contributed by atoms with Crippen LogP contribution in [0.2, 0.25) is 0 Å². The molecule has 1 saturated carbocycles. The molecular weight excluding hydrogens is 248 g/mol.